The number of rotatable bonds is 4. The van der Waals surface area contributed by atoms with Crippen molar-refractivity contribution in [2.45, 2.75) is 0 Å². The van der Waals surface area contributed by atoms with Crippen LogP contribution in [0.3, 0.4) is 0 Å². The molecule has 0 saturated heterocycles. The molecule has 0 aromatic carbocycles. The molecule has 1 aromatic rings. The molecule has 0 unspecified atom stereocenters. The van der Waals surface area contributed by atoms with Gasteiger partial charge in [0.25, 0.3) is 0 Å². The van der Waals surface area contributed by atoms with Gasteiger partial charge in [-0.1, -0.05) is 0 Å². The minimum absolute atomic E-state index is 0.212. The Morgan fingerprint density at radius 1 is 1.00 bits per heavy atom. The van der Waals surface area contributed by atoms with Crippen molar-refractivity contribution in [1.29, 1.82) is 0 Å². The Labute approximate surface area is 75.6 Å². The summed E-state index contributed by atoms with van der Waals surface area (Å²) in [5.41, 5.74) is 0. The Morgan fingerprint density at radius 2 is 1.46 bits per heavy atom. The average Bonchev–Trinajstić information content (AvgIpc) is 2.17. The maximum Gasteiger partial charge on any atom is 0.231 e. The van der Waals surface area contributed by atoms with E-state index in [0.29, 0.717) is 17.8 Å². The van der Waals surface area contributed by atoms with E-state index in [9.17, 15) is 0 Å². The van der Waals surface area contributed by atoms with Crippen LogP contribution < -0.4 is 16.0 Å². The zero-order valence-corrected chi connectivity index (χ0v) is 7.50. The van der Waals surface area contributed by atoms with E-state index in [4.69, 9.17) is 5.11 Å². The lowest BCUT2D eigenvalue weighted by Gasteiger charge is -2.05. The van der Waals surface area contributed by atoms with E-state index >= 15 is 0 Å². The number of anilines is 3. The number of aromatic nitrogens is 3. The van der Waals surface area contributed by atoms with E-state index in [1.165, 1.54) is 0 Å². The zero-order valence-electron chi connectivity index (χ0n) is 7.50. The highest BCUT2D eigenvalue weighted by Gasteiger charge is 2.02. The maximum atomic E-state index is 8.59. The van der Waals surface area contributed by atoms with Gasteiger partial charge in [-0.15, -0.1) is 0 Å². The van der Waals surface area contributed by atoms with Crippen molar-refractivity contribution in [2.75, 3.05) is 36.8 Å². The van der Waals surface area contributed by atoms with Crippen LogP contribution in [0.15, 0.2) is 0 Å². The summed E-state index contributed by atoms with van der Waals surface area (Å²) in [6, 6.07) is 0. The molecular formula is C6H12N6O. The van der Waals surface area contributed by atoms with Crippen molar-refractivity contribution in [1.82, 2.24) is 15.0 Å². The summed E-state index contributed by atoms with van der Waals surface area (Å²) < 4.78 is 0. The Kier molecular flexibility index (Phi) is 3.21. The SMILES string of the molecule is CNc1nc(NC)nc(NCO)n1. The Morgan fingerprint density at radius 3 is 1.85 bits per heavy atom. The van der Waals surface area contributed by atoms with E-state index < -0.39 is 0 Å². The lowest BCUT2D eigenvalue weighted by Crippen LogP contribution is -2.09. The number of aliphatic hydroxyl groups is 1. The van der Waals surface area contributed by atoms with Crippen LogP contribution in [-0.2, 0) is 0 Å². The van der Waals surface area contributed by atoms with Gasteiger partial charge in [-0.25, -0.2) is 0 Å². The molecule has 1 aromatic heterocycles. The second-order valence-corrected chi connectivity index (χ2v) is 2.14. The highest BCUT2D eigenvalue weighted by Crippen LogP contribution is 2.06. The fraction of sp³-hybridized carbons (Fsp3) is 0.500. The Bertz CT molecular complexity index is 256. The van der Waals surface area contributed by atoms with E-state index in [-0.39, 0.29) is 6.73 Å². The van der Waals surface area contributed by atoms with Crippen molar-refractivity contribution in [3.8, 4) is 0 Å². The molecule has 7 heteroatoms. The van der Waals surface area contributed by atoms with Crippen LogP contribution in [0.1, 0.15) is 0 Å². The molecule has 72 valence electrons. The lowest BCUT2D eigenvalue weighted by molar-refractivity contribution is 0.324. The summed E-state index contributed by atoms with van der Waals surface area (Å²) in [5, 5.41) is 16.7. The minimum Gasteiger partial charge on any atom is -0.376 e. The Hall–Kier alpha value is -1.63. The van der Waals surface area contributed by atoms with E-state index in [1.807, 2.05) is 0 Å². The number of hydrogen-bond acceptors (Lipinski definition) is 7. The molecule has 0 spiro atoms. The quantitative estimate of drug-likeness (QED) is 0.460. The zero-order chi connectivity index (χ0) is 9.68. The average molecular weight is 184 g/mol. The van der Waals surface area contributed by atoms with Gasteiger partial charge < -0.3 is 21.1 Å². The normalized spacial score (nSPS) is 9.46. The molecular weight excluding hydrogens is 172 g/mol. The Balaban J connectivity index is 2.93. The van der Waals surface area contributed by atoms with Crippen LogP contribution in [-0.4, -0.2) is 40.9 Å². The molecule has 0 aliphatic rings. The molecule has 0 amide bonds. The number of hydrogen-bond donors (Lipinski definition) is 4. The lowest BCUT2D eigenvalue weighted by atomic mass is 10.8. The van der Waals surface area contributed by atoms with Crippen LogP contribution >= 0.6 is 0 Å². The predicted molar refractivity (Wildman–Crippen MR) is 49.6 cm³/mol. The molecule has 4 N–H and O–H groups in total. The molecule has 13 heavy (non-hydrogen) atoms. The van der Waals surface area contributed by atoms with E-state index in [1.54, 1.807) is 14.1 Å². The van der Waals surface area contributed by atoms with Crippen LogP contribution in [0, 0.1) is 0 Å². The molecule has 0 fully saturated rings. The first-order chi connectivity index (χ1) is 6.30. The van der Waals surface area contributed by atoms with Crippen molar-refractivity contribution >= 4 is 17.8 Å². The number of nitrogens with zero attached hydrogens (tertiary/aromatic N) is 3. The standard InChI is InChI=1S/C6H12N6O/c1-7-4-10-5(8-2)12-6(11-4)9-3-13/h13H,3H2,1-2H3,(H3,7,8,9,10,11,12). The first kappa shape index (κ1) is 9.46. The summed E-state index contributed by atoms with van der Waals surface area (Å²) in [4.78, 5) is 11.9. The van der Waals surface area contributed by atoms with Gasteiger partial charge in [0.2, 0.25) is 17.8 Å². The van der Waals surface area contributed by atoms with Gasteiger partial charge in [-0.2, -0.15) is 15.0 Å². The first-order valence-corrected chi connectivity index (χ1v) is 3.76. The van der Waals surface area contributed by atoms with Gasteiger partial charge in [0.1, 0.15) is 6.73 Å². The van der Waals surface area contributed by atoms with Crippen LogP contribution in [0.25, 0.3) is 0 Å². The molecule has 0 radical (unpaired) electrons. The fourth-order valence-corrected chi connectivity index (χ4v) is 0.749. The summed E-state index contributed by atoms with van der Waals surface area (Å²) in [5.74, 6) is 1.21. The molecule has 0 aliphatic carbocycles. The fourth-order valence-electron chi connectivity index (χ4n) is 0.749. The highest BCUT2D eigenvalue weighted by molar-refractivity contribution is 5.41. The number of aliphatic hydroxyl groups excluding tert-OH is 1. The predicted octanol–water partition coefficient (Wildman–Crippen LogP) is -0.683. The number of nitrogens with one attached hydrogen (secondary N) is 3. The third-order valence-electron chi connectivity index (χ3n) is 1.32. The van der Waals surface area contributed by atoms with Gasteiger partial charge in [-0.05, 0) is 0 Å². The minimum atomic E-state index is -0.212. The van der Waals surface area contributed by atoms with Gasteiger partial charge in [0, 0.05) is 14.1 Å². The van der Waals surface area contributed by atoms with Crippen molar-refractivity contribution in [3.63, 3.8) is 0 Å². The van der Waals surface area contributed by atoms with Crippen molar-refractivity contribution < 1.29 is 5.11 Å². The maximum absolute atomic E-state index is 8.59. The van der Waals surface area contributed by atoms with Crippen molar-refractivity contribution in [2.24, 2.45) is 0 Å². The monoisotopic (exact) mass is 184 g/mol. The third-order valence-corrected chi connectivity index (χ3v) is 1.32. The molecule has 0 bridgehead atoms. The van der Waals surface area contributed by atoms with Crippen LogP contribution in [0.4, 0.5) is 17.8 Å². The highest BCUT2D eigenvalue weighted by atomic mass is 16.3. The summed E-state index contributed by atoms with van der Waals surface area (Å²) in [7, 11) is 3.41. The largest absolute Gasteiger partial charge is 0.376 e. The first-order valence-electron chi connectivity index (χ1n) is 3.76. The van der Waals surface area contributed by atoms with Gasteiger partial charge in [0.05, 0.1) is 0 Å². The second kappa shape index (κ2) is 4.41. The second-order valence-electron chi connectivity index (χ2n) is 2.14. The van der Waals surface area contributed by atoms with Gasteiger partial charge in [-0.3, -0.25) is 0 Å². The van der Waals surface area contributed by atoms with E-state index in [0.717, 1.165) is 0 Å². The molecule has 0 aliphatic heterocycles. The molecule has 1 heterocycles. The molecule has 7 nitrogen and oxygen atoms in total. The summed E-state index contributed by atoms with van der Waals surface area (Å²) >= 11 is 0. The van der Waals surface area contributed by atoms with Crippen LogP contribution in [0.5, 0.6) is 0 Å². The smallest absolute Gasteiger partial charge is 0.231 e. The van der Waals surface area contributed by atoms with Crippen LogP contribution in [0.2, 0.25) is 0 Å². The third kappa shape index (κ3) is 2.41. The van der Waals surface area contributed by atoms with Gasteiger partial charge >= 0.3 is 0 Å². The van der Waals surface area contributed by atoms with Gasteiger partial charge in [0.15, 0.2) is 0 Å². The molecule has 0 atom stereocenters. The summed E-state index contributed by atoms with van der Waals surface area (Å²) in [6.45, 7) is -0.212. The topological polar surface area (TPSA) is 95.0 Å². The van der Waals surface area contributed by atoms with E-state index in [2.05, 4.69) is 30.9 Å². The summed E-state index contributed by atoms with van der Waals surface area (Å²) in [6.07, 6.45) is 0. The molecule has 0 saturated carbocycles. The molecule has 1 rings (SSSR count). The van der Waals surface area contributed by atoms with Crippen molar-refractivity contribution in [3.05, 3.63) is 0 Å².